The van der Waals surface area contributed by atoms with Crippen LogP contribution in [0.2, 0.25) is 0 Å². The van der Waals surface area contributed by atoms with E-state index >= 15 is 0 Å². The molecular formula is C10H14N4O2. The van der Waals surface area contributed by atoms with Gasteiger partial charge in [0.05, 0.1) is 17.9 Å². The van der Waals surface area contributed by atoms with Crippen LogP contribution in [-0.4, -0.2) is 25.4 Å². The lowest BCUT2D eigenvalue weighted by molar-refractivity contribution is -0.116. The molecular weight excluding hydrogens is 208 g/mol. The van der Waals surface area contributed by atoms with Crippen LogP contribution in [-0.2, 0) is 4.79 Å². The second-order valence-corrected chi connectivity index (χ2v) is 3.20. The number of carbonyl (C=O) groups is 2. The maximum absolute atomic E-state index is 11.3. The van der Waals surface area contributed by atoms with Gasteiger partial charge in [-0.3, -0.25) is 9.59 Å². The molecule has 86 valence electrons. The summed E-state index contributed by atoms with van der Waals surface area (Å²) in [4.78, 5) is 21.9. The molecule has 0 bridgehead atoms. The molecule has 0 aliphatic carbocycles. The van der Waals surface area contributed by atoms with Crippen molar-refractivity contribution in [1.82, 2.24) is 5.32 Å². The Bertz CT molecular complexity index is 417. The third kappa shape index (κ3) is 2.88. The fourth-order valence-electron chi connectivity index (χ4n) is 1.18. The molecule has 2 amide bonds. The molecule has 0 heterocycles. The standard InChI is InChI=1S/C10H14N4O2/c1-13-10(16)6-2-3-7(11)8(4-6)14-5-9(12)15/h2-4,14H,5,11H2,1H3,(H2,12,15)(H,13,16). The molecule has 6 N–H and O–H groups in total. The van der Waals surface area contributed by atoms with E-state index in [1.54, 1.807) is 18.2 Å². The molecule has 0 atom stereocenters. The number of rotatable bonds is 4. The molecule has 1 aromatic rings. The van der Waals surface area contributed by atoms with Crippen molar-refractivity contribution >= 4 is 23.2 Å². The van der Waals surface area contributed by atoms with Gasteiger partial charge in [-0.15, -0.1) is 0 Å². The topological polar surface area (TPSA) is 110 Å². The monoisotopic (exact) mass is 222 g/mol. The Balaban J connectivity index is 2.90. The summed E-state index contributed by atoms with van der Waals surface area (Å²) in [6, 6.07) is 4.76. The molecule has 16 heavy (non-hydrogen) atoms. The zero-order valence-electron chi connectivity index (χ0n) is 8.91. The summed E-state index contributed by atoms with van der Waals surface area (Å²) in [6.45, 7) is -0.0264. The van der Waals surface area contributed by atoms with Gasteiger partial charge in [0.25, 0.3) is 5.91 Å². The number of hydrogen-bond acceptors (Lipinski definition) is 4. The first-order chi connectivity index (χ1) is 7.54. The van der Waals surface area contributed by atoms with Crippen molar-refractivity contribution in [3.05, 3.63) is 23.8 Å². The van der Waals surface area contributed by atoms with Crippen LogP contribution in [0.3, 0.4) is 0 Å². The van der Waals surface area contributed by atoms with Crippen LogP contribution in [0.15, 0.2) is 18.2 Å². The molecule has 0 aliphatic heterocycles. The van der Waals surface area contributed by atoms with Crippen LogP contribution >= 0.6 is 0 Å². The van der Waals surface area contributed by atoms with E-state index in [-0.39, 0.29) is 12.5 Å². The molecule has 1 aromatic carbocycles. The predicted molar refractivity (Wildman–Crippen MR) is 61.9 cm³/mol. The molecule has 0 spiro atoms. The molecule has 0 saturated heterocycles. The maximum Gasteiger partial charge on any atom is 0.251 e. The van der Waals surface area contributed by atoms with Crippen molar-refractivity contribution in [2.75, 3.05) is 24.6 Å². The van der Waals surface area contributed by atoms with E-state index < -0.39 is 5.91 Å². The van der Waals surface area contributed by atoms with Crippen LogP contribution in [0.4, 0.5) is 11.4 Å². The lowest BCUT2D eigenvalue weighted by atomic mass is 10.1. The number of amides is 2. The van der Waals surface area contributed by atoms with Gasteiger partial charge in [0.2, 0.25) is 5.91 Å². The molecule has 0 fully saturated rings. The zero-order valence-corrected chi connectivity index (χ0v) is 8.91. The molecule has 6 nitrogen and oxygen atoms in total. The highest BCUT2D eigenvalue weighted by Gasteiger charge is 2.06. The second kappa shape index (κ2) is 5.01. The summed E-state index contributed by atoms with van der Waals surface area (Å²) in [5.74, 6) is -0.716. The van der Waals surface area contributed by atoms with Gasteiger partial charge in [0.15, 0.2) is 0 Å². The van der Waals surface area contributed by atoms with Crippen LogP contribution in [0, 0.1) is 0 Å². The molecule has 0 aliphatic rings. The Hall–Kier alpha value is -2.24. The van der Waals surface area contributed by atoms with Crippen LogP contribution in [0.1, 0.15) is 10.4 Å². The van der Waals surface area contributed by atoms with Crippen LogP contribution in [0.25, 0.3) is 0 Å². The van der Waals surface area contributed by atoms with Crippen molar-refractivity contribution in [2.45, 2.75) is 0 Å². The largest absolute Gasteiger partial charge is 0.397 e. The van der Waals surface area contributed by atoms with Gasteiger partial charge in [-0.1, -0.05) is 0 Å². The molecule has 1 rings (SSSR count). The van der Waals surface area contributed by atoms with E-state index in [1.807, 2.05) is 0 Å². The van der Waals surface area contributed by atoms with Gasteiger partial charge in [0, 0.05) is 12.6 Å². The SMILES string of the molecule is CNC(=O)c1ccc(N)c(NCC(N)=O)c1. The van der Waals surface area contributed by atoms with E-state index in [4.69, 9.17) is 11.5 Å². The smallest absolute Gasteiger partial charge is 0.251 e. The fourth-order valence-corrected chi connectivity index (χ4v) is 1.18. The summed E-state index contributed by atoms with van der Waals surface area (Å²) in [7, 11) is 1.54. The van der Waals surface area contributed by atoms with Gasteiger partial charge in [-0.2, -0.15) is 0 Å². The lowest BCUT2D eigenvalue weighted by Gasteiger charge is -2.09. The number of nitrogens with one attached hydrogen (secondary N) is 2. The van der Waals surface area contributed by atoms with Crippen LogP contribution in [0.5, 0.6) is 0 Å². The summed E-state index contributed by atoms with van der Waals surface area (Å²) < 4.78 is 0. The fraction of sp³-hybridized carbons (Fsp3) is 0.200. The van der Waals surface area contributed by atoms with Crippen molar-refractivity contribution in [1.29, 1.82) is 0 Å². The van der Waals surface area contributed by atoms with Gasteiger partial charge in [-0.05, 0) is 18.2 Å². The first kappa shape index (κ1) is 11.8. The number of carbonyl (C=O) groups excluding carboxylic acids is 2. The first-order valence-corrected chi connectivity index (χ1v) is 4.68. The van der Waals surface area contributed by atoms with E-state index in [0.717, 1.165) is 0 Å². The maximum atomic E-state index is 11.3. The highest BCUT2D eigenvalue weighted by molar-refractivity contribution is 5.96. The predicted octanol–water partition coefficient (Wildman–Crippen LogP) is -0.474. The zero-order chi connectivity index (χ0) is 12.1. The first-order valence-electron chi connectivity index (χ1n) is 4.68. The summed E-state index contributed by atoms with van der Waals surface area (Å²) >= 11 is 0. The minimum absolute atomic E-state index is 0.0264. The number of hydrogen-bond donors (Lipinski definition) is 4. The van der Waals surface area contributed by atoms with Gasteiger partial charge in [-0.25, -0.2) is 0 Å². The highest BCUT2D eigenvalue weighted by Crippen LogP contribution is 2.19. The Morgan fingerprint density at radius 2 is 2.06 bits per heavy atom. The Labute approximate surface area is 93.0 Å². The summed E-state index contributed by atoms with van der Waals surface area (Å²) in [6.07, 6.45) is 0. The van der Waals surface area contributed by atoms with Gasteiger partial charge >= 0.3 is 0 Å². The normalized spacial score (nSPS) is 9.56. The summed E-state index contributed by atoms with van der Waals surface area (Å²) in [5, 5.41) is 5.25. The summed E-state index contributed by atoms with van der Waals surface area (Å²) in [5.41, 5.74) is 12.1. The number of nitrogen functional groups attached to an aromatic ring is 1. The highest BCUT2D eigenvalue weighted by atomic mass is 16.2. The van der Waals surface area contributed by atoms with Crippen LogP contribution < -0.4 is 22.1 Å². The second-order valence-electron chi connectivity index (χ2n) is 3.20. The van der Waals surface area contributed by atoms with Crippen molar-refractivity contribution < 1.29 is 9.59 Å². The average molecular weight is 222 g/mol. The Morgan fingerprint density at radius 3 is 2.62 bits per heavy atom. The molecule has 0 aromatic heterocycles. The van der Waals surface area contributed by atoms with Gasteiger partial charge < -0.3 is 22.1 Å². The van der Waals surface area contributed by atoms with E-state index in [1.165, 1.54) is 7.05 Å². The molecule has 0 saturated carbocycles. The number of benzene rings is 1. The lowest BCUT2D eigenvalue weighted by Crippen LogP contribution is -2.23. The van der Waals surface area contributed by atoms with Crippen molar-refractivity contribution in [3.63, 3.8) is 0 Å². The Morgan fingerprint density at radius 1 is 1.38 bits per heavy atom. The molecule has 0 radical (unpaired) electrons. The van der Waals surface area contributed by atoms with Crippen molar-refractivity contribution in [2.24, 2.45) is 5.73 Å². The minimum Gasteiger partial charge on any atom is -0.397 e. The number of anilines is 2. The van der Waals surface area contributed by atoms with E-state index in [2.05, 4.69) is 10.6 Å². The van der Waals surface area contributed by atoms with E-state index in [9.17, 15) is 9.59 Å². The third-order valence-electron chi connectivity index (χ3n) is 2.00. The number of primary amides is 1. The van der Waals surface area contributed by atoms with Crippen molar-refractivity contribution in [3.8, 4) is 0 Å². The quantitative estimate of drug-likeness (QED) is 0.516. The molecule has 0 unspecified atom stereocenters. The van der Waals surface area contributed by atoms with E-state index in [0.29, 0.717) is 16.9 Å². The average Bonchev–Trinajstić information content (AvgIpc) is 2.26. The van der Waals surface area contributed by atoms with Gasteiger partial charge in [0.1, 0.15) is 0 Å². The third-order valence-corrected chi connectivity index (χ3v) is 2.00. The Kier molecular flexibility index (Phi) is 3.71. The molecule has 6 heteroatoms. The number of nitrogens with two attached hydrogens (primary N) is 2. The minimum atomic E-state index is -0.496.